The normalized spacial score (nSPS) is 11.7. The zero-order chi connectivity index (χ0) is 26.0. The highest BCUT2D eigenvalue weighted by atomic mass is 35.5. The number of pyridine rings is 1. The summed E-state index contributed by atoms with van der Waals surface area (Å²) in [5.74, 6) is -6.71. The summed E-state index contributed by atoms with van der Waals surface area (Å²) in [4.78, 5) is 27.7. The van der Waals surface area contributed by atoms with Crippen LogP contribution in [0.4, 0.5) is 28.0 Å². The van der Waals surface area contributed by atoms with E-state index in [1.807, 2.05) is 5.32 Å². The van der Waals surface area contributed by atoms with Gasteiger partial charge in [-0.05, 0) is 30.3 Å². The Bertz CT molecular complexity index is 1290. The summed E-state index contributed by atoms with van der Waals surface area (Å²) < 4.78 is 56.9. The molecule has 0 aliphatic rings. The molecule has 3 aromatic rings. The van der Waals surface area contributed by atoms with Crippen LogP contribution in [0, 0.1) is 5.82 Å². The quantitative estimate of drug-likeness (QED) is 0.238. The van der Waals surface area contributed by atoms with Gasteiger partial charge in [0.1, 0.15) is 16.6 Å². The van der Waals surface area contributed by atoms with E-state index in [4.69, 9.17) is 51.1 Å². The fourth-order valence-corrected chi connectivity index (χ4v) is 3.22. The average Bonchev–Trinajstić information content (AvgIpc) is 2.76. The number of carbonyl (C=O) groups excluding carboxylic acids is 2. The van der Waals surface area contributed by atoms with Crippen molar-refractivity contribution >= 4 is 64.0 Å². The number of rotatable bonds is 6. The molecule has 0 bridgehead atoms. The molecule has 0 atom stereocenters. The van der Waals surface area contributed by atoms with Gasteiger partial charge in [-0.1, -0.05) is 58.5 Å². The molecule has 1 heterocycles. The number of anilines is 1. The molecule has 0 radical (unpaired) electrons. The average molecular weight is 571 g/mol. The molecule has 0 saturated carbocycles. The Kier molecular flexibility index (Phi) is 8.00. The third-order valence-electron chi connectivity index (χ3n) is 4.27. The molecule has 1 aromatic heterocycles. The Balaban J connectivity index is 1.69. The third kappa shape index (κ3) is 6.26. The lowest BCUT2D eigenvalue weighted by Gasteiger charge is -2.22. The highest BCUT2D eigenvalue weighted by molar-refractivity contribution is 6.47. The van der Waals surface area contributed by atoms with Gasteiger partial charge in [-0.2, -0.15) is 8.78 Å². The number of ether oxygens (including phenoxy) is 1. The maximum absolute atomic E-state index is 14.4. The number of halogens is 8. The Labute approximate surface area is 215 Å². The van der Waals surface area contributed by atoms with Crippen LogP contribution in [0.1, 0.15) is 15.9 Å². The van der Waals surface area contributed by atoms with Gasteiger partial charge >= 0.3 is 16.5 Å². The second-order valence-corrected chi connectivity index (χ2v) is 8.76. The second-order valence-electron chi connectivity index (χ2n) is 6.71. The first-order valence-corrected chi connectivity index (χ1v) is 10.8. The summed E-state index contributed by atoms with van der Waals surface area (Å²) in [6.07, 6.45) is 0.535. The number of amides is 3. The molecule has 6 nitrogen and oxygen atoms in total. The minimum atomic E-state index is -4.33. The van der Waals surface area contributed by atoms with Gasteiger partial charge in [0, 0.05) is 17.8 Å². The van der Waals surface area contributed by atoms with Crippen molar-refractivity contribution < 1.29 is 31.9 Å². The van der Waals surface area contributed by atoms with Crippen LogP contribution in [0.15, 0.2) is 54.7 Å². The predicted molar refractivity (Wildman–Crippen MR) is 123 cm³/mol. The van der Waals surface area contributed by atoms with Crippen molar-refractivity contribution in [3.8, 4) is 11.6 Å². The number of imide groups is 1. The maximum Gasteiger partial charge on any atom is 0.336 e. The van der Waals surface area contributed by atoms with Gasteiger partial charge in [0.25, 0.3) is 5.91 Å². The van der Waals surface area contributed by atoms with Crippen molar-refractivity contribution in [2.45, 2.75) is 10.5 Å². The zero-order valence-electron chi connectivity index (χ0n) is 16.9. The summed E-state index contributed by atoms with van der Waals surface area (Å²) in [5, 5.41) is 3.78. The fourth-order valence-electron chi connectivity index (χ4n) is 2.58. The number of benzene rings is 2. The van der Waals surface area contributed by atoms with E-state index in [0.29, 0.717) is 12.3 Å². The van der Waals surface area contributed by atoms with Crippen molar-refractivity contribution in [3.63, 3.8) is 0 Å². The van der Waals surface area contributed by atoms with Crippen molar-refractivity contribution in [2.24, 2.45) is 0 Å². The first-order chi connectivity index (χ1) is 16.3. The van der Waals surface area contributed by atoms with Crippen LogP contribution >= 0.6 is 46.4 Å². The molecule has 0 saturated heterocycles. The Morgan fingerprint density at radius 1 is 0.971 bits per heavy atom. The monoisotopic (exact) mass is 569 g/mol. The van der Waals surface area contributed by atoms with E-state index in [9.17, 15) is 27.2 Å². The highest BCUT2D eigenvalue weighted by Crippen LogP contribution is 2.48. The van der Waals surface area contributed by atoms with Crippen LogP contribution in [0.3, 0.4) is 0 Å². The van der Waals surface area contributed by atoms with Gasteiger partial charge in [0.15, 0.2) is 0 Å². The molecule has 0 fully saturated rings. The van der Waals surface area contributed by atoms with Crippen LogP contribution < -0.4 is 15.4 Å². The lowest BCUT2D eigenvalue weighted by Crippen LogP contribution is -2.34. The van der Waals surface area contributed by atoms with Crippen LogP contribution in [-0.2, 0) is 5.92 Å². The number of hydrogen-bond donors (Lipinski definition) is 2. The first kappa shape index (κ1) is 26.8. The fraction of sp³-hybridized carbons (Fsp3) is 0.0952. The molecular weight excluding hydrogens is 560 g/mol. The van der Waals surface area contributed by atoms with Gasteiger partial charge in [-0.3, -0.25) is 10.1 Å². The Hall–Kier alpha value is -2.79. The maximum atomic E-state index is 14.4. The number of urea groups is 1. The summed E-state index contributed by atoms with van der Waals surface area (Å²) in [6, 6.07) is 8.71. The van der Waals surface area contributed by atoms with Crippen LogP contribution in [0.2, 0.25) is 10.0 Å². The Morgan fingerprint density at radius 2 is 1.66 bits per heavy atom. The molecule has 0 aliphatic carbocycles. The molecule has 2 N–H and O–H groups in total. The van der Waals surface area contributed by atoms with Crippen LogP contribution in [0.25, 0.3) is 0 Å². The van der Waals surface area contributed by atoms with Gasteiger partial charge in [0.05, 0.1) is 16.3 Å². The third-order valence-corrected chi connectivity index (χ3v) is 5.35. The van der Waals surface area contributed by atoms with E-state index in [1.54, 1.807) is 12.1 Å². The number of nitrogens with one attached hydrogen (secondary N) is 2. The standard InChI is InChI=1S/C21H11Cl4F4N3O3/c22-13-4-2-1-3-12(13)17(33)32-19(34)31-16-6-5-11(8-15(16)26)35-18-14(23)7-10(9-30-18)20(27,28)21(24,25)29/h1-9H,(H2,31,32,33,34). The van der Waals surface area contributed by atoms with E-state index >= 15 is 0 Å². The van der Waals surface area contributed by atoms with Gasteiger partial charge in [0.2, 0.25) is 5.88 Å². The summed E-state index contributed by atoms with van der Waals surface area (Å²) in [6.45, 7) is 0. The van der Waals surface area contributed by atoms with E-state index in [2.05, 4.69) is 10.3 Å². The number of nitrogens with zero attached hydrogens (tertiary/aromatic N) is 1. The summed E-state index contributed by atoms with van der Waals surface area (Å²) >= 11 is 21.5. The molecule has 2 aromatic carbocycles. The van der Waals surface area contributed by atoms with Gasteiger partial charge in [-0.25, -0.2) is 18.6 Å². The summed E-state index contributed by atoms with van der Waals surface area (Å²) in [7, 11) is 0. The second kappa shape index (κ2) is 10.4. The minimum absolute atomic E-state index is 0.0380. The molecule has 3 rings (SSSR count). The molecule has 0 unspecified atom stereocenters. The Morgan fingerprint density at radius 3 is 2.26 bits per heavy atom. The number of alkyl halides is 5. The first-order valence-electron chi connectivity index (χ1n) is 9.24. The van der Waals surface area contributed by atoms with Crippen molar-refractivity contribution in [2.75, 3.05) is 5.32 Å². The van der Waals surface area contributed by atoms with Gasteiger partial charge in [-0.15, -0.1) is 0 Å². The van der Waals surface area contributed by atoms with Crippen molar-refractivity contribution in [3.05, 3.63) is 81.7 Å². The largest absolute Gasteiger partial charge is 0.437 e. The smallest absolute Gasteiger partial charge is 0.336 e. The van der Waals surface area contributed by atoms with E-state index in [1.165, 1.54) is 18.2 Å². The zero-order valence-corrected chi connectivity index (χ0v) is 19.9. The van der Waals surface area contributed by atoms with Crippen LogP contribution in [0.5, 0.6) is 11.6 Å². The van der Waals surface area contributed by atoms with Crippen molar-refractivity contribution in [1.29, 1.82) is 0 Å². The molecular formula is C21H11Cl4F4N3O3. The molecule has 0 aliphatic heterocycles. The molecule has 3 amide bonds. The van der Waals surface area contributed by atoms with Crippen molar-refractivity contribution in [1.82, 2.24) is 10.3 Å². The lowest BCUT2D eigenvalue weighted by atomic mass is 10.1. The number of hydrogen-bond acceptors (Lipinski definition) is 4. The van der Waals surface area contributed by atoms with E-state index in [-0.39, 0.29) is 22.0 Å². The number of carbonyl (C=O) groups is 2. The molecule has 0 spiro atoms. The minimum Gasteiger partial charge on any atom is -0.437 e. The summed E-state index contributed by atoms with van der Waals surface area (Å²) in [5.41, 5.74) is -1.30. The predicted octanol–water partition coefficient (Wildman–Crippen LogP) is 7.47. The van der Waals surface area contributed by atoms with Crippen LogP contribution in [-0.4, -0.2) is 21.5 Å². The lowest BCUT2D eigenvalue weighted by molar-refractivity contribution is -0.0653. The van der Waals surface area contributed by atoms with Gasteiger partial charge < -0.3 is 10.1 Å². The molecule has 35 heavy (non-hydrogen) atoms. The molecule has 14 heteroatoms. The SMILES string of the molecule is O=C(NC(=O)c1ccccc1Cl)Nc1ccc(Oc2ncc(C(F)(F)C(F)(Cl)Cl)cc2Cl)cc1F. The topological polar surface area (TPSA) is 80.3 Å². The number of aromatic nitrogens is 1. The van der Waals surface area contributed by atoms with E-state index < -0.39 is 44.7 Å². The molecule has 184 valence electrons. The highest BCUT2D eigenvalue weighted by Gasteiger charge is 2.54. The van der Waals surface area contributed by atoms with E-state index in [0.717, 1.165) is 12.1 Å².